The molecule has 1 aromatic heterocycles. The van der Waals surface area contributed by atoms with Crippen molar-refractivity contribution in [3.63, 3.8) is 0 Å². The fourth-order valence-electron chi connectivity index (χ4n) is 1.39. The highest BCUT2D eigenvalue weighted by atomic mass is 16.3. The Morgan fingerprint density at radius 1 is 1.62 bits per heavy atom. The molecule has 0 radical (unpaired) electrons. The van der Waals surface area contributed by atoms with Crippen LogP contribution >= 0.6 is 0 Å². The van der Waals surface area contributed by atoms with Crippen LogP contribution in [0.25, 0.3) is 0 Å². The van der Waals surface area contributed by atoms with Crippen LogP contribution in [0.2, 0.25) is 0 Å². The summed E-state index contributed by atoms with van der Waals surface area (Å²) in [4.78, 5) is 8.54. The molecule has 2 rings (SSSR count). The van der Waals surface area contributed by atoms with E-state index in [-0.39, 0.29) is 0 Å². The van der Waals surface area contributed by atoms with Gasteiger partial charge < -0.3 is 10.4 Å². The van der Waals surface area contributed by atoms with Gasteiger partial charge >= 0.3 is 0 Å². The lowest BCUT2D eigenvalue weighted by molar-refractivity contribution is 0.212. The van der Waals surface area contributed by atoms with Crippen molar-refractivity contribution in [3.8, 4) is 0 Å². The lowest BCUT2D eigenvalue weighted by Gasteiger charge is -2.05. The Morgan fingerprint density at radius 3 is 3.08 bits per heavy atom. The van der Waals surface area contributed by atoms with E-state index in [1.54, 1.807) is 6.20 Å². The predicted octanol–water partition coefficient (Wildman–Crippen LogP) is 0.886. The van der Waals surface area contributed by atoms with E-state index < -0.39 is 6.23 Å². The van der Waals surface area contributed by atoms with E-state index in [0.717, 1.165) is 17.2 Å². The maximum atomic E-state index is 9.30. The minimum Gasteiger partial charge on any atom is -0.373 e. The number of anilines is 1. The first kappa shape index (κ1) is 8.44. The van der Waals surface area contributed by atoms with Crippen LogP contribution in [0.15, 0.2) is 6.20 Å². The highest BCUT2D eigenvalue weighted by Crippen LogP contribution is 2.23. The van der Waals surface area contributed by atoms with E-state index in [1.165, 1.54) is 0 Å². The second kappa shape index (κ2) is 2.96. The fraction of sp³-hybridized carbons (Fsp3) is 0.556. The molecule has 1 unspecified atom stereocenters. The third-order valence-corrected chi connectivity index (χ3v) is 2.12. The number of aliphatic hydroxyl groups is 1. The van der Waals surface area contributed by atoms with Gasteiger partial charge in [-0.05, 0) is 0 Å². The van der Waals surface area contributed by atoms with Crippen molar-refractivity contribution in [2.75, 3.05) is 5.32 Å². The van der Waals surface area contributed by atoms with Crippen LogP contribution in [0, 0.1) is 0 Å². The van der Waals surface area contributed by atoms with Gasteiger partial charge in [0, 0.05) is 24.1 Å². The highest BCUT2D eigenvalue weighted by molar-refractivity contribution is 5.48. The van der Waals surface area contributed by atoms with E-state index in [0.29, 0.717) is 12.3 Å². The van der Waals surface area contributed by atoms with Crippen LogP contribution in [0.4, 0.5) is 5.82 Å². The first-order valence-corrected chi connectivity index (χ1v) is 4.47. The molecule has 0 bridgehead atoms. The SMILES string of the molecule is CC(C)c1ncc2c(n1)NC(O)C2. The van der Waals surface area contributed by atoms with Crippen LogP contribution < -0.4 is 5.32 Å². The number of hydrogen-bond donors (Lipinski definition) is 2. The molecule has 70 valence electrons. The molecule has 13 heavy (non-hydrogen) atoms. The summed E-state index contributed by atoms with van der Waals surface area (Å²) < 4.78 is 0. The third-order valence-electron chi connectivity index (χ3n) is 2.12. The lowest BCUT2D eigenvalue weighted by atomic mass is 10.2. The van der Waals surface area contributed by atoms with Crippen LogP contribution in [0.5, 0.6) is 0 Å². The Balaban J connectivity index is 2.35. The van der Waals surface area contributed by atoms with Crippen molar-refractivity contribution in [3.05, 3.63) is 17.6 Å². The highest BCUT2D eigenvalue weighted by Gasteiger charge is 2.20. The molecule has 2 N–H and O–H groups in total. The van der Waals surface area contributed by atoms with E-state index >= 15 is 0 Å². The molecule has 1 aliphatic rings. The first-order chi connectivity index (χ1) is 6.16. The molecule has 0 aromatic carbocycles. The summed E-state index contributed by atoms with van der Waals surface area (Å²) in [5, 5.41) is 12.2. The van der Waals surface area contributed by atoms with E-state index in [4.69, 9.17) is 0 Å². The third kappa shape index (κ3) is 1.49. The predicted molar refractivity (Wildman–Crippen MR) is 49.5 cm³/mol. The number of aromatic nitrogens is 2. The van der Waals surface area contributed by atoms with Gasteiger partial charge in [0.2, 0.25) is 0 Å². The molecule has 0 amide bonds. The smallest absolute Gasteiger partial charge is 0.135 e. The quantitative estimate of drug-likeness (QED) is 0.672. The number of fused-ring (bicyclic) bond motifs is 1. The molecule has 1 aromatic rings. The number of nitrogens with one attached hydrogen (secondary N) is 1. The molecule has 2 heterocycles. The molecule has 4 nitrogen and oxygen atoms in total. The van der Waals surface area contributed by atoms with Gasteiger partial charge in [-0.15, -0.1) is 0 Å². The van der Waals surface area contributed by atoms with Gasteiger partial charge in [-0.25, -0.2) is 9.97 Å². The van der Waals surface area contributed by atoms with Crippen LogP contribution in [-0.2, 0) is 6.42 Å². The fourth-order valence-corrected chi connectivity index (χ4v) is 1.39. The van der Waals surface area contributed by atoms with Gasteiger partial charge in [0.1, 0.15) is 17.9 Å². The van der Waals surface area contributed by atoms with Crippen molar-refractivity contribution >= 4 is 5.82 Å². The largest absolute Gasteiger partial charge is 0.373 e. The first-order valence-electron chi connectivity index (χ1n) is 4.47. The zero-order valence-electron chi connectivity index (χ0n) is 7.78. The molecule has 1 aliphatic heterocycles. The number of nitrogens with zero attached hydrogens (tertiary/aromatic N) is 2. The van der Waals surface area contributed by atoms with E-state index in [9.17, 15) is 5.11 Å². The summed E-state index contributed by atoms with van der Waals surface area (Å²) in [7, 11) is 0. The second-order valence-corrected chi connectivity index (χ2v) is 3.62. The summed E-state index contributed by atoms with van der Waals surface area (Å²) >= 11 is 0. The van der Waals surface area contributed by atoms with Crippen LogP contribution in [0.3, 0.4) is 0 Å². The van der Waals surface area contributed by atoms with Crippen molar-refractivity contribution in [1.29, 1.82) is 0 Å². The summed E-state index contributed by atoms with van der Waals surface area (Å²) in [5.74, 6) is 1.93. The molecule has 0 spiro atoms. The van der Waals surface area contributed by atoms with Crippen molar-refractivity contribution in [2.45, 2.75) is 32.4 Å². The summed E-state index contributed by atoms with van der Waals surface area (Å²) in [5.41, 5.74) is 0.997. The van der Waals surface area contributed by atoms with Crippen molar-refractivity contribution in [1.82, 2.24) is 9.97 Å². The zero-order valence-corrected chi connectivity index (χ0v) is 7.78. The summed E-state index contributed by atoms with van der Waals surface area (Å²) in [6.45, 7) is 4.10. The van der Waals surface area contributed by atoms with Gasteiger partial charge in [0.15, 0.2) is 0 Å². The lowest BCUT2D eigenvalue weighted by Crippen LogP contribution is -2.13. The molecular formula is C9H13N3O. The molecule has 1 atom stereocenters. The average molecular weight is 179 g/mol. The number of hydrogen-bond acceptors (Lipinski definition) is 4. The minimum absolute atomic E-state index is 0.324. The van der Waals surface area contributed by atoms with Gasteiger partial charge in [0.25, 0.3) is 0 Å². The summed E-state index contributed by atoms with van der Waals surface area (Å²) in [6, 6.07) is 0. The zero-order chi connectivity index (χ0) is 9.42. The standard InChI is InChI=1S/C9H13N3O/c1-5(2)8-10-4-6-3-7(13)11-9(6)12-8/h4-5,7,13H,3H2,1-2H3,(H,10,11,12). The van der Waals surface area contributed by atoms with E-state index in [2.05, 4.69) is 15.3 Å². The maximum Gasteiger partial charge on any atom is 0.135 e. The number of rotatable bonds is 1. The molecule has 0 fully saturated rings. The topological polar surface area (TPSA) is 58.0 Å². The van der Waals surface area contributed by atoms with Crippen molar-refractivity contribution < 1.29 is 5.11 Å². The van der Waals surface area contributed by atoms with Crippen LogP contribution in [-0.4, -0.2) is 21.3 Å². The Kier molecular flexibility index (Phi) is 1.92. The van der Waals surface area contributed by atoms with Gasteiger partial charge in [0.05, 0.1) is 0 Å². The maximum absolute atomic E-state index is 9.30. The monoisotopic (exact) mass is 179 g/mol. The molecule has 0 saturated carbocycles. The second-order valence-electron chi connectivity index (χ2n) is 3.62. The van der Waals surface area contributed by atoms with E-state index in [1.807, 2.05) is 13.8 Å². The molecule has 0 aliphatic carbocycles. The Bertz CT molecular complexity index is 325. The normalized spacial score (nSPS) is 20.2. The average Bonchev–Trinajstić information content (AvgIpc) is 2.42. The molecule has 0 saturated heterocycles. The van der Waals surface area contributed by atoms with Gasteiger partial charge in [-0.2, -0.15) is 0 Å². The van der Waals surface area contributed by atoms with Gasteiger partial charge in [-0.3, -0.25) is 0 Å². The molecule has 4 heteroatoms. The van der Waals surface area contributed by atoms with Crippen LogP contribution in [0.1, 0.15) is 31.2 Å². The minimum atomic E-state index is -0.494. The Hall–Kier alpha value is -1.16. The molecular weight excluding hydrogens is 166 g/mol. The van der Waals surface area contributed by atoms with Crippen molar-refractivity contribution in [2.24, 2.45) is 0 Å². The number of aliphatic hydroxyl groups excluding tert-OH is 1. The summed E-state index contributed by atoms with van der Waals surface area (Å²) in [6.07, 6.45) is 1.90. The Morgan fingerprint density at radius 2 is 2.38 bits per heavy atom. The van der Waals surface area contributed by atoms with Gasteiger partial charge in [-0.1, -0.05) is 13.8 Å². The Labute approximate surface area is 77.0 Å².